The molecular formula is C17H16N2O. The van der Waals surface area contributed by atoms with E-state index in [1.54, 1.807) is 6.92 Å². The molecule has 1 heterocycles. The molecule has 2 aromatic carbocycles. The van der Waals surface area contributed by atoms with E-state index in [0.717, 1.165) is 22.2 Å². The van der Waals surface area contributed by atoms with E-state index in [0.29, 0.717) is 12.4 Å². The minimum atomic E-state index is -0.00483. The molecule has 0 aliphatic heterocycles. The van der Waals surface area contributed by atoms with Crippen LogP contribution < -0.4 is 0 Å². The third-order valence-corrected chi connectivity index (χ3v) is 3.40. The van der Waals surface area contributed by atoms with Crippen LogP contribution in [0.15, 0.2) is 48.5 Å². The molecule has 3 rings (SSSR count). The fourth-order valence-electron chi connectivity index (χ4n) is 2.43. The minimum absolute atomic E-state index is 0.00483. The zero-order valence-corrected chi connectivity index (χ0v) is 11.6. The fourth-order valence-corrected chi connectivity index (χ4v) is 2.43. The molecule has 0 fully saturated rings. The van der Waals surface area contributed by atoms with Gasteiger partial charge in [0.25, 0.3) is 0 Å². The van der Waals surface area contributed by atoms with Crippen molar-refractivity contribution in [2.24, 2.45) is 0 Å². The molecule has 0 saturated heterocycles. The Morgan fingerprint density at radius 1 is 1.15 bits per heavy atom. The van der Waals surface area contributed by atoms with Gasteiger partial charge in [0.05, 0.1) is 11.0 Å². The lowest BCUT2D eigenvalue weighted by Gasteiger charge is -2.07. The van der Waals surface area contributed by atoms with Gasteiger partial charge in [0.2, 0.25) is 0 Å². The van der Waals surface area contributed by atoms with Gasteiger partial charge in [-0.3, -0.25) is 4.79 Å². The fraction of sp³-hybridized carbons (Fsp3) is 0.176. The molecule has 0 saturated carbocycles. The Labute approximate surface area is 117 Å². The largest absolute Gasteiger partial charge is 0.317 e. The summed E-state index contributed by atoms with van der Waals surface area (Å²) in [5.41, 5.74) is 4.20. The van der Waals surface area contributed by atoms with E-state index in [4.69, 9.17) is 0 Å². The van der Waals surface area contributed by atoms with Crippen LogP contribution in [0.3, 0.4) is 0 Å². The Balaban J connectivity index is 2.16. The van der Waals surface area contributed by atoms with Gasteiger partial charge in [-0.05, 0) is 30.2 Å². The zero-order valence-electron chi connectivity index (χ0n) is 11.6. The number of aromatic nitrogens is 2. The Bertz CT molecular complexity index is 772. The van der Waals surface area contributed by atoms with E-state index in [-0.39, 0.29) is 5.78 Å². The van der Waals surface area contributed by atoms with Crippen LogP contribution in [0.2, 0.25) is 0 Å². The van der Waals surface area contributed by atoms with Crippen molar-refractivity contribution >= 4 is 16.8 Å². The van der Waals surface area contributed by atoms with Crippen molar-refractivity contribution in [3.05, 3.63) is 65.5 Å². The molecule has 0 N–H and O–H groups in total. The Kier molecular flexibility index (Phi) is 3.11. The van der Waals surface area contributed by atoms with Crippen LogP contribution in [-0.2, 0) is 6.54 Å². The number of nitrogens with zero attached hydrogens (tertiary/aromatic N) is 2. The van der Waals surface area contributed by atoms with E-state index in [1.807, 2.05) is 41.8 Å². The smallest absolute Gasteiger partial charge is 0.195 e. The molecule has 0 spiro atoms. The second kappa shape index (κ2) is 4.93. The lowest BCUT2D eigenvalue weighted by molar-refractivity contribution is 0.100. The standard InChI is InChI=1S/C17H16N2O/c1-12-8-9-16-15(10-12)18-17(13(2)20)19(16)11-14-6-4-3-5-7-14/h3-10H,11H2,1-2H3. The van der Waals surface area contributed by atoms with Crippen molar-refractivity contribution in [1.82, 2.24) is 9.55 Å². The van der Waals surface area contributed by atoms with Crippen LogP contribution >= 0.6 is 0 Å². The van der Waals surface area contributed by atoms with Crippen LogP contribution in [0, 0.1) is 6.92 Å². The number of Topliss-reactive ketones (excluding diaryl/α,β-unsaturated/α-hetero) is 1. The SMILES string of the molecule is CC(=O)c1nc2cc(C)ccc2n1Cc1ccccc1. The number of fused-ring (bicyclic) bond motifs is 1. The van der Waals surface area contributed by atoms with E-state index in [9.17, 15) is 4.79 Å². The van der Waals surface area contributed by atoms with Crippen LogP contribution in [0.1, 0.15) is 28.7 Å². The van der Waals surface area contributed by atoms with Gasteiger partial charge < -0.3 is 4.57 Å². The molecule has 0 unspecified atom stereocenters. The summed E-state index contributed by atoms with van der Waals surface area (Å²) >= 11 is 0. The summed E-state index contributed by atoms with van der Waals surface area (Å²) in [6.07, 6.45) is 0. The number of carbonyl (C=O) groups excluding carboxylic acids is 1. The van der Waals surface area contributed by atoms with Gasteiger partial charge in [0, 0.05) is 13.5 Å². The average molecular weight is 264 g/mol. The molecule has 0 aliphatic carbocycles. The number of aryl methyl sites for hydroxylation is 1. The molecular weight excluding hydrogens is 248 g/mol. The van der Waals surface area contributed by atoms with Crippen LogP contribution in [0.25, 0.3) is 11.0 Å². The normalized spacial score (nSPS) is 10.9. The molecule has 0 bridgehead atoms. The molecule has 0 aliphatic rings. The third kappa shape index (κ3) is 2.23. The molecule has 3 heteroatoms. The first-order chi connectivity index (χ1) is 9.65. The second-order valence-electron chi connectivity index (χ2n) is 5.06. The van der Waals surface area contributed by atoms with E-state index < -0.39 is 0 Å². The van der Waals surface area contributed by atoms with E-state index in [2.05, 4.69) is 23.2 Å². The highest BCUT2D eigenvalue weighted by Gasteiger charge is 2.14. The molecule has 0 amide bonds. The number of hydrogen-bond acceptors (Lipinski definition) is 2. The van der Waals surface area contributed by atoms with Crippen molar-refractivity contribution < 1.29 is 4.79 Å². The van der Waals surface area contributed by atoms with Gasteiger partial charge in [-0.25, -0.2) is 4.98 Å². The van der Waals surface area contributed by atoms with Crippen molar-refractivity contribution in [3.63, 3.8) is 0 Å². The molecule has 0 radical (unpaired) electrons. The summed E-state index contributed by atoms with van der Waals surface area (Å²) in [6.45, 7) is 4.26. The molecule has 1 aromatic heterocycles. The van der Waals surface area contributed by atoms with Gasteiger partial charge in [0.15, 0.2) is 11.6 Å². The van der Waals surface area contributed by atoms with E-state index in [1.165, 1.54) is 0 Å². The maximum absolute atomic E-state index is 11.8. The number of hydrogen-bond donors (Lipinski definition) is 0. The molecule has 3 nitrogen and oxygen atoms in total. The lowest BCUT2D eigenvalue weighted by Crippen LogP contribution is -2.08. The summed E-state index contributed by atoms with van der Waals surface area (Å²) in [6, 6.07) is 16.2. The summed E-state index contributed by atoms with van der Waals surface area (Å²) in [5.74, 6) is 0.518. The van der Waals surface area contributed by atoms with Gasteiger partial charge in [-0.1, -0.05) is 36.4 Å². The zero-order chi connectivity index (χ0) is 14.1. The van der Waals surface area contributed by atoms with Crippen LogP contribution in [0.4, 0.5) is 0 Å². The molecule has 3 aromatic rings. The predicted octanol–water partition coefficient (Wildman–Crippen LogP) is 3.60. The first kappa shape index (κ1) is 12.6. The summed E-state index contributed by atoms with van der Waals surface area (Å²) in [4.78, 5) is 16.3. The Hall–Kier alpha value is -2.42. The lowest BCUT2D eigenvalue weighted by atomic mass is 10.2. The van der Waals surface area contributed by atoms with Gasteiger partial charge >= 0.3 is 0 Å². The number of ketones is 1. The van der Waals surface area contributed by atoms with Gasteiger partial charge in [-0.2, -0.15) is 0 Å². The number of imidazole rings is 1. The number of carbonyl (C=O) groups is 1. The van der Waals surface area contributed by atoms with Gasteiger partial charge in [-0.15, -0.1) is 0 Å². The molecule has 100 valence electrons. The first-order valence-corrected chi connectivity index (χ1v) is 6.67. The predicted molar refractivity (Wildman–Crippen MR) is 80.0 cm³/mol. The average Bonchev–Trinajstić information content (AvgIpc) is 2.78. The van der Waals surface area contributed by atoms with Gasteiger partial charge in [0.1, 0.15) is 0 Å². The van der Waals surface area contributed by atoms with Crippen molar-refractivity contribution in [1.29, 1.82) is 0 Å². The maximum Gasteiger partial charge on any atom is 0.195 e. The van der Waals surface area contributed by atoms with Crippen molar-refractivity contribution in [2.75, 3.05) is 0 Å². The summed E-state index contributed by atoms with van der Waals surface area (Å²) < 4.78 is 1.99. The third-order valence-electron chi connectivity index (χ3n) is 3.40. The summed E-state index contributed by atoms with van der Waals surface area (Å²) in [7, 11) is 0. The highest BCUT2D eigenvalue weighted by atomic mass is 16.1. The van der Waals surface area contributed by atoms with Crippen molar-refractivity contribution in [3.8, 4) is 0 Å². The first-order valence-electron chi connectivity index (χ1n) is 6.67. The molecule has 0 atom stereocenters. The minimum Gasteiger partial charge on any atom is -0.317 e. The topological polar surface area (TPSA) is 34.9 Å². The van der Waals surface area contributed by atoms with Crippen LogP contribution in [-0.4, -0.2) is 15.3 Å². The molecule has 20 heavy (non-hydrogen) atoms. The quantitative estimate of drug-likeness (QED) is 0.677. The Morgan fingerprint density at radius 3 is 2.60 bits per heavy atom. The number of benzene rings is 2. The highest BCUT2D eigenvalue weighted by molar-refractivity contribution is 5.94. The van der Waals surface area contributed by atoms with Crippen molar-refractivity contribution in [2.45, 2.75) is 20.4 Å². The number of rotatable bonds is 3. The van der Waals surface area contributed by atoms with E-state index >= 15 is 0 Å². The maximum atomic E-state index is 11.8. The summed E-state index contributed by atoms with van der Waals surface area (Å²) in [5, 5.41) is 0. The monoisotopic (exact) mass is 264 g/mol. The Morgan fingerprint density at radius 2 is 1.90 bits per heavy atom. The second-order valence-corrected chi connectivity index (χ2v) is 5.06. The van der Waals surface area contributed by atoms with Crippen LogP contribution in [0.5, 0.6) is 0 Å². The highest BCUT2D eigenvalue weighted by Crippen LogP contribution is 2.19.